The molecular weight excluding hydrogens is 492 g/mol. The van der Waals surface area contributed by atoms with Gasteiger partial charge in [0.05, 0.1) is 12.7 Å². The Hall–Kier alpha value is -2.53. The summed E-state index contributed by atoms with van der Waals surface area (Å²) in [6.07, 6.45) is -1.84. The molecule has 2 N–H and O–H groups in total. The van der Waals surface area contributed by atoms with Crippen LogP contribution < -0.4 is 44.1 Å². The molecule has 1 heterocycles. The summed E-state index contributed by atoms with van der Waals surface area (Å²) in [6.45, 7) is 3.56. The molecule has 2 atom stereocenters. The fourth-order valence-corrected chi connectivity index (χ4v) is 3.58. The normalized spacial score (nSPS) is 12.4. The van der Waals surface area contributed by atoms with Gasteiger partial charge in [0.2, 0.25) is 5.88 Å². The average Bonchev–Trinajstić information content (AvgIpc) is 2.87. The third kappa shape index (κ3) is 9.07. The summed E-state index contributed by atoms with van der Waals surface area (Å²) in [5.41, 5.74) is 2.94. The number of carboxylic acids is 1. The van der Waals surface area contributed by atoms with Gasteiger partial charge >= 0.3 is 29.6 Å². The zero-order chi connectivity index (χ0) is 26.1. The van der Waals surface area contributed by atoms with Crippen molar-refractivity contribution in [2.24, 2.45) is 0 Å². The van der Waals surface area contributed by atoms with E-state index in [0.717, 1.165) is 5.56 Å². The van der Waals surface area contributed by atoms with E-state index >= 15 is 0 Å². The number of carboxylic acid groups (broad SMARTS) is 1. The van der Waals surface area contributed by atoms with Crippen LogP contribution in [0.5, 0.6) is 11.6 Å². The van der Waals surface area contributed by atoms with Crippen LogP contribution in [0.2, 0.25) is 0 Å². The van der Waals surface area contributed by atoms with Gasteiger partial charge in [-0.3, -0.25) is 0 Å². The van der Waals surface area contributed by atoms with E-state index < -0.39 is 30.6 Å². The molecule has 3 aromatic rings. The number of aliphatic hydroxyl groups excluding tert-OH is 2. The third-order valence-electron chi connectivity index (χ3n) is 5.39. The summed E-state index contributed by atoms with van der Waals surface area (Å²) in [5, 5.41) is 29.3. The Labute approximate surface area is 237 Å². The van der Waals surface area contributed by atoms with Crippen molar-refractivity contribution in [3.8, 4) is 22.8 Å². The minimum Gasteiger partial charge on any atom is -0.550 e. The summed E-state index contributed by atoms with van der Waals surface area (Å²) in [7, 11) is 0. The predicted octanol–water partition coefficient (Wildman–Crippen LogP) is -0.271. The average molecular weight is 522 g/mol. The van der Waals surface area contributed by atoms with Crippen LogP contribution in [0.1, 0.15) is 36.3 Å². The fourth-order valence-electron chi connectivity index (χ4n) is 3.58. The molecule has 192 valence electrons. The number of carbonyl (C=O) groups is 1. The number of aliphatic hydroxyl groups is 2. The number of carbonyl (C=O) groups excluding carboxylic acids is 1. The van der Waals surface area contributed by atoms with Gasteiger partial charge in [-0.1, -0.05) is 18.2 Å². The molecule has 2 aromatic carbocycles. The second kappa shape index (κ2) is 15.0. The number of hydrogen-bond acceptors (Lipinski definition) is 8. The smallest absolute Gasteiger partial charge is 0.550 e. The maximum absolute atomic E-state index is 14.7. The molecular formula is C27H29FNNaO7. The van der Waals surface area contributed by atoms with Crippen molar-refractivity contribution in [2.45, 2.75) is 39.1 Å². The molecule has 0 unspecified atom stereocenters. The first-order valence-electron chi connectivity index (χ1n) is 11.5. The summed E-state index contributed by atoms with van der Waals surface area (Å²) in [5.74, 6) is -0.766. The van der Waals surface area contributed by atoms with Crippen molar-refractivity contribution < 1.29 is 68.3 Å². The maximum Gasteiger partial charge on any atom is 1.00 e. The van der Waals surface area contributed by atoms with Crippen molar-refractivity contribution in [1.29, 1.82) is 0 Å². The Morgan fingerprint density at radius 2 is 1.81 bits per heavy atom. The van der Waals surface area contributed by atoms with Gasteiger partial charge in [-0.05, 0) is 55.3 Å². The number of aliphatic carboxylic acids is 1. The van der Waals surface area contributed by atoms with Crippen LogP contribution in [-0.2, 0) is 16.1 Å². The van der Waals surface area contributed by atoms with Gasteiger partial charge in [0.1, 0.15) is 30.9 Å². The van der Waals surface area contributed by atoms with Crippen molar-refractivity contribution in [3.63, 3.8) is 0 Å². The quantitative estimate of drug-likeness (QED) is 0.295. The van der Waals surface area contributed by atoms with E-state index in [1.54, 1.807) is 62.4 Å². The predicted molar refractivity (Wildman–Crippen MR) is 128 cm³/mol. The molecule has 10 heteroatoms. The summed E-state index contributed by atoms with van der Waals surface area (Å²) < 4.78 is 31.3. The van der Waals surface area contributed by atoms with Gasteiger partial charge in [0, 0.05) is 41.9 Å². The summed E-state index contributed by atoms with van der Waals surface area (Å²) in [4.78, 5) is 15.3. The van der Waals surface area contributed by atoms with Crippen LogP contribution in [0.15, 0.2) is 54.6 Å². The minimum atomic E-state index is -1.19. The van der Waals surface area contributed by atoms with Gasteiger partial charge in [0.15, 0.2) is 0 Å². The molecule has 0 saturated carbocycles. The molecule has 0 fully saturated rings. The number of aryl methyl sites for hydroxylation is 1. The molecule has 8 nitrogen and oxygen atoms in total. The molecule has 0 aliphatic rings. The number of benzene rings is 2. The second-order valence-corrected chi connectivity index (χ2v) is 8.12. The Bertz CT molecular complexity index is 1160. The van der Waals surface area contributed by atoms with E-state index in [0.29, 0.717) is 34.7 Å². The number of aromatic nitrogens is 1. The molecule has 0 saturated heterocycles. The minimum absolute atomic E-state index is 0. The molecule has 0 aliphatic carbocycles. The molecule has 3 rings (SSSR count). The second-order valence-electron chi connectivity index (χ2n) is 8.12. The Morgan fingerprint density at radius 3 is 2.43 bits per heavy atom. The van der Waals surface area contributed by atoms with E-state index in [4.69, 9.17) is 19.3 Å². The number of pyridine rings is 1. The number of halogens is 1. The Kier molecular flexibility index (Phi) is 12.5. The van der Waals surface area contributed by atoms with E-state index in [9.17, 15) is 19.4 Å². The molecule has 1 aromatic heterocycles. The van der Waals surface area contributed by atoms with Gasteiger partial charge in [0.25, 0.3) is 0 Å². The van der Waals surface area contributed by atoms with Crippen molar-refractivity contribution in [1.82, 2.24) is 4.98 Å². The van der Waals surface area contributed by atoms with Crippen LogP contribution in [0.4, 0.5) is 4.39 Å². The molecule has 0 aliphatic heterocycles. The van der Waals surface area contributed by atoms with Crippen molar-refractivity contribution >= 4 is 5.97 Å². The summed E-state index contributed by atoms with van der Waals surface area (Å²) >= 11 is 0. The Balaban J connectivity index is 0.00000481. The topological polar surface area (TPSA) is 121 Å². The molecule has 37 heavy (non-hydrogen) atoms. The van der Waals surface area contributed by atoms with Crippen molar-refractivity contribution in [2.75, 3.05) is 19.8 Å². The number of rotatable bonds is 13. The first kappa shape index (κ1) is 30.7. The largest absolute Gasteiger partial charge is 1.00 e. The van der Waals surface area contributed by atoms with E-state index in [1.165, 1.54) is 6.07 Å². The number of hydrogen-bond donors (Lipinski definition) is 2. The van der Waals surface area contributed by atoms with Crippen LogP contribution in [0, 0.1) is 12.7 Å². The molecule has 0 spiro atoms. The van der Waals surface area contributed by atoms with Gasteiger partial charge < -0.3 is 34.3 Å². The van der Waals surface area contributed by atoms with Crippen molar-refractivity contribution in [3.05, 3.63) is 77.2 Å². The van der Waals surface area contributed by atoms with Crippen LogP contribution >= 0.6 is 0 Å². The third-order valence-corrected chi connectivity index (χ3v) is 5.39. The van der Waals surface area contributed by atoms with Crippen LogP contribution in [0.25, 0.3) is 11.1 Å². The zero-order valence-corrected chi connectivity index (χ0v) is 23.1. The first-order valence-corrected chi connectivity index (χ1v) is 11.5. The van der Waals surface area contributed by atoms with Gasteiger partial charge in [-0.15, -0.1) is 0 Å². The molecule has 0 amide bonds. The first-order chi connectivity index (χ1) is 17.3. The van der Waals surface area contributed by atoms with E-state index in [2.05, 4.69) is 4.98 Å². The van der Waals surface area contributed by atoms with Crippen LogP contribution in [0.3, 0.4) is 0 Å². The van der Waals surface area contributed by atoms with Crippen LogP contribution in [-0.4, -0.2) is 47.1 Å². The monoisotopic (exact) mass is 521 g/mol. The number of ether oxygens (including phenoxy) is 3. The zero-order valence-electron chi connectivity index (χ0n) is 21.1. The van der Waals surface area contributed by atoms with E-state index in [-0.39, 0.29) is 55.1 Å². The van der Waals surface area contributed by atoms with E-state index in [1.807, 2.05) is 0 Å². The standard InChI is InChI=1S/C27H30FNO7.Na/c1-3-34-25(13-27(32)33)19-5-7-21(8-6-19)35-15-18-4-10-24(28)23(12-18)22-9-11-26(29-17(22)2)36-16-20(31)14-30;/h4-12,20,25,30-31H,3,13-16H2,1-2H3,(H,32,33);/q;+1/p-1/t20-,25+;/m1./s1. The SMILES string of the molecule is CCO[C@@H](CC(=O)[O-])c1ccc(OCc2ccc(F)c(-c3ccc(OC[C@H](O)CO)nc3C)c2)cc1.[Na+]. The Morgan fingerprint density at radius 1 is 1.08 bits per heavy atom. The summed E-state index contributed by atoms with van der Waals surface area (Å²) in [6, 6.07) is 14.9. The maximum atomic E-state index is 14.7. The fraction of sp³-hybridized carbons (Fsp3) is 0.333. The number of nitrogens with zero attached hydrogens (tertiary/aromatic N) is 1. The van der Waals surface area contributed by atoms with Gasteiger partial charge in [-0.2, -0.15) is 0 Å². The van der Waals surface area contributed by atoms with Gasteiger partial charge in [-0.25, -0.2) is 9.37 Å². The molecule has 0 bridgehead atoms. The molecule has 0 radical (unpaired) electrons.